The van der Waals surface area contributed by atoms with Crippen LogP contribution in [0.5, 0.6) is 0 Å². The van der Waals surface area contributed by atoms with Crippen molar-refractivity contribution in [2.24, 2.45) is 0 Å². The number of nitrogens with zero attached hydrogens (tertiary/aromatic N) is 1. The zero-order valence-electron chi connectivity index (χ0n) is 12.3. The van der Waals surface area contributed by atoms with Gasteiger partial charge in [-0.15, -0.1) is 0 Å². The van der Waals surface area contributed by atoms with Crippen LogP contribution in [-0.2, 0) is 9.31 Å². The van der Waals surface area contributed by atoms with Gasteiger partial charge in [-0.05, 0) is 39.2 Å². The minimum atomic E-state index is -0.433. The summed E-state index contributed by atoms with van der Waals surface area (Å²) in [7, 11) is -0.433. The molecule has 108 valence electrons. The predicted octanol–water partition coefficient (Wildman–Crippen LogP) is 2.26. The van der Waals surface area contributed by atoms with E-state index >= 15 is 0 Å². The van der Waals surface area contributed by atoms with Crippen LogP contribution >= 0.6 is 12.6 Å². The molecule has 0 spiro atoms. The SMILES string of the molecule is CC1(C)OB(C(=Cc2ccc[n+]([O-])c2)CS)OC1(C)C. The molecule has 0 aliphatic carbocycles. The molecule has 1 aromatic rings. The van der Waals surface area contributed by atoms with Gasteiger partial charge in [0.25, 0.3) is 0 Å². The van der Waals surface area contributed by atoms with Crippen molar-refractivity contribution < 1.29 is 14.0 Å². The summed E-state index contributed by atoms with van der Waals surface area (Å²) >= 11 is 4.35. The third-order valence-corrected chi connectivity index (χ3v) is 4.25. The van der Waals surface area contributed by atoms with Crippen molar-refractivity contribution in [1.82, 2.24) is 0 Å². The van der Waals surface area contributed by atoms with Crippen LogP contribution in [-0.4, -0.2) is 24.1 Å². The van der Waals surface area contributed by atoms with Crippen molar-refractivity contribution in [3.63, 3.8) is 0 Å². The Kier molecular flexibility index (Phi) is 4.18. The second kappa shape index (κ2) is 5.43. The van der Waals surface area contributed by atoms with E-state index in [1.54, 1.807) is 6.07 Å². The molecular formula is C14H20BNO3S. The second-order valence-corrected chi connectivity index (χ2v) is 6.28. The molecule has 20 heavy (non-hydrogen) atoms. The molecule has 0 atom stereocenters. The molecule has 0 bridgehead atoms. The van der Waals surface area contributed by atoms with E-state index in [4.69, 9.17) is 9.31 Å². The molecular weight excluding hydrogens is 273 g/mol. The molecule has 0 unspecified atom stereocenters. The van der Waals surface area contributed by atoms with Gasteiger partial charge in [-0.1, -0.05) is 6.08 Å². The Morgan fingerprint density at radius 1 is 1.35 bits per heavy atom. The van der Waals surface area contributed by atoms with Gasteiger partial charge in [0.2, 0.25) is 0 Å². The maximum absolute atomic E-state index is 11.3. The normalized spacial score (nSPS) is 21.2. The van der Waals surface area contributed by atoms with Gasteiger partial charge in [0.05, 0.1) is 11.2 Å². The average Bonchev–Trinajstić information content (AvgIpc) is 2.55. The predicted molar refractivity (Wildman–Crippen MR) is 83.3 cm³/mol. The van der Waals surface area contributed by atoms with Crippen LogP contribution in [0.15, 0.2) is 30.0 Å². The first-order chi connectivity index (χ1) is 9.25. The number of hydrogen-bond acceptors (Lipinski definition) is 4. The van der Waals surface area contributed by atoms with Gasteiger partial charge in [-0.25, -0.2) is 0 Å². The first kappa shape index (κ1) is 15.4. The van der Waals surface area contributed by atoms with E-state index in [0.29, 0.717) is 5.75 Å². The number of thiol groups is 1. The molecule has 1 aliphatic heterocycles. The Balaban J connectivity index is 2.26. The molecule has 1 aliphatic rings. The Bertz CT molecular complexity index is 515. The Labute approximate surface area is 125 Å². The van der Waals surface area contributed by atoms with Crippen LogP contribution in [0.4, 0.5) is 0 Å². The minimum absolute atomic E-state index is 0.380. The molecule has 1 saturated heterocycles. The molecule has 1 fully saturated rings. The van der Waals surface area contributed by atoms with E-state index < -0.39 is 7.12 Å². The molecule has 2 rings (SSSR count). The van der Waals surface area contributed by atoms with Crippen LogP contribution in [0.25, 0.3) is 6.08 Å². The summed E-state index contributed by atoms with van der Waals surface area (Å²) < 4.78 is 12.8. The van der Waals surface area contributed by atoms with E-state index in [-0.39, 0.29) is 11.2 Å². The van der Waals surface area contributed by atoms with Gasteiger partial charge in [0.15, 0.2) is 12.4 Å². The van der Waals surface area contributed by atoms with Crippen molar-refractivity contribution in [1.29, 1.82) is 0 Å². The van der Waals surface area contributed by atoms with E-state index in [2.05, 4.69) is 12.6 Å². The zero-order chi connectivity index (χ0) is 15.0. The Hall–Kier alpha value is -0.975. The topological polar surface area (TPSA) is 45.4 Å². The smallest absolute Gasteiger partial charge is 0.491 e. The fourth-order valence-corrected chi connectivity index (χ4v) is 2.19. The number of rotatable bonds is 3. The van der Waals surface area contributed by atoms with E-state index in [0.717, 1.165) is 15.8 Å². The summed E-state index contributed by atoms with van der Waals surface area (Å²) in [5.74, 6) is 0.505. The third-order valence-electron chi connectivity index (χ3n) is 3.89. The second-order valence-electron chi connectivity index (χ2n) is 5.96. The maximum Gasteiger partial charge on any atom is 0.491 e. The summed E-state index contributed by atoms with van der Waals surface area (Å²) in [5.41, 5.74) is 0.948. The summed E-state index contributed by atoms with van der Waals surface area (Å²) in [6, 6.07) is 3.57. The molecule has 2 heterocycles. The van der Waals surface area contributed by atoms with Crippen molar-refractivity contribution in [3.8, 4) is 0 Å². The average molecular weight is 293 g/mol. The van der Waals surface area contributed by atoms with Gasteiger partial charge in [-0.2, -0.15) is 17.4 Å². The first-order valence-corrected chi connectivity index (χ1v) is 7.24. The highest BCUT2D eigenvalue weighted by atomic mass is 32.1. The summed E-state index contributed by atoms with van der Waals surface area (Å²) in [6.45, 7) is 8.04. The fraction of sp³-hybridized carbons (Fsp3) is 0.500. The van der Waals surface area contributed by atoms with Crippen molar-refractivity contribution in [2.45, 2.75) is 38.9 Å². The van der Waals surface area contributed by atoms with Crippen molar-refractivity contribution in [2.75, 3.05) is 5.75 Å². The first-order valence-electron chi connectivity index (χ1n) is 6.61. The van der Waals surface area contributed by atoms with Gasteiger partial charge < -0.3 is 14.5 Å². The van der Waals surface area contributed by atoms with Gasteiger partial charge >= 0.3 is 7.12 Å². The summed E-state index contributed by atoms with van der Waals surface area (Å²) in [4.78, 5) is 0. The Morgan fingerprint density at radius 2 is 1.95 bits per heavy atom. The van der Waals surface area contributed by atoms with E-state index in [1.165, 1.54) is 12.4 Å². The minimum Gasteiger partial charge on any atom is -0.619 e. The number of pyridine rings is 1. The zero-order valence-corrected chi connectivity index (χ0v) is 13.2. The lowest BCUT2D eigenvalue weighted by atomic mass is 9.78. The highest BCUT2D eigenvalue weighted by Crippen LogP contribution is 2.38. The summed E-state index contributed by atoms with van der Waals surface area (Å²) in [6.07, 6.45) is 4.85. The van der Waals surface area contributed by atoms with Crippen LogP contribution in [0.1, 0.15) is 33.3 Å². The molecule has 0 amide bonds. The van der Waals surface area contributed by atoms with Crippen LogP contribution in [0, 0.1) is 5.21 Å². The lowest BCUT2D eigenvalue weighted by Gasteiger charge is -2.32. The monoisotopic (exact) mass is 293 g/mol. The van der Waals surface area contributed by atoms with Gasteiger partial charge in [0, 0.05) is 17.4 Å². The number of hydrogen-bond donors (Lipinski definition) is 1. The fourth-order valence-electron chi connectivity index (χ4n) is 1.95. The molecule has 0 N–H and O–H groups in total. The lowest BCUT2D eigenvalue weighted by Crippen LogP contribution is -2.41. The molecule has 0 aromatic carbocycles. The lowest BCUT2D eigenvalue weighted by molar-refractivity contribution is -0.605. The molecule has 1 aromatic heterocycles. The van der Waals surface area contributed by atoms with Crippen molar-refractivity contribution in [3.05, 3.63) is 40.8 Å². The molecule has 6 heteroatoms. The van der Waals surface area contributed by atoms with Crippen LogP contribution < -0.4 is 4.73 Å². The van der Waals surface area contributed by atoms with E-state index in [1.807, 2.05) is 39.8 Å². The highest BCUT2D eigenvalue weighted by molar-refractivity contribution is 7.80. The van der Waals surface area contributed by atoms with Crippen molar-refractivity contribution >= 4 is 25.8 Å². The van der Waals surface area contributed by atoms with Gasteiger partial charge in [-0.3, -0.25) is 0 Å². The van der Waals surface area contributed by atoms with Gasteiger partial charge in [0.1, 0.15) is 0 Å². The highest BCUT2D eigenvalue weighted by Gasteiger charge is 2.52. The third kappa shape index (κ3) is 3.02. The largest absolute Gasteiger partial charge is 0.619 e. The maximum atomic E-state index is 11.3. The molecule has 4 nitrogen and oxygen atoms in total. The van der Waals surface area contributed by atoms with E-state index in [9.17, 15) is 5.21 Å². The Morgan fingerprint density at radius 3 is 2.45 bits per heavy atom. The van der Waals surface area contributed by atoms with Crippen LogP contribution in [0.2, 0.25) is 0 Å². The summed E-state index contributed by atoms with van der Waals surface area (Å²) in [5, 5.41) is 11.3. The number of aromatic nitrogens is 1. The molecule has 0 radical (unpaired) electrons. The van der Waals surface area contributed by atoms with Crippen LogP contribution in [0.3, 0.4) is 0 Å². The molecule has 0 saturated carbocycles. The quantitative estimate of drug-likeness (QED) is 0.402. The standard InChI is InChI=1S/C14H20BNO3S/c1-13(2)14(3,4)19-15(18-13)12(10-20)8-11-6-5-7-16(17)9-11/h5-9,20H,10H2,1-4H3.